The molecule has 1 saturated carbocycles. The molecule has 0 heterocycles. The van der Waals surface area contributed by atoms with Gasteiger partial charge in [-0.15, -0.1) is 0 Å². The summed E-state index contributed by atoms with van der Waals surface area (Å²) in [5.74, 6) is -0.0970. The van der Waals surface area contributed by atoms with E-state index in [1.807, 2.05) is 13.8 Å². The van der Waals surface area contributed by atoms with Crippen molar-refractivity contribution in [3.8, 4) is 0 Å². The average molecular weight is 243 g/mol. The fourth-order valence-electron chi connectivity index (χ4n) is 2.33. The molecule has 17 heavy (non-hydrogen) atoms. The van der Waals surface area contributed by atoms with Crippen LogP contribution in [0.4, 0.5) is 0 Å². The van der Waals surface area contributed by atoms with Crippen LogP contribution in [-0.4, -0.2) is 37.9 Å². The predicted octanol–water partition coefficient (Wildman–Crippen LogP) is 1.88. The number of hydrogen-bond donors (Lipinski definition) is 1. The van der Waals surface area contributed by atoms with E-state index in [1.54, 1.807) is 7.11 Å². The summed E-state index contributed by atoms with van der Waals surface area (Å²) in [5.41, 5.74) is 0. The van der Waals surface area contributed by atoms with E-state index >= 15 is 0 Å². The summed E-state index contributed by atoms with van der Waals surface area (Å²) in [6.07, 6.45) is 4.74. The third kappa shape index (κ3) is 5.50. The molecule has 0 aromatic carbocycles. The van der Waals surface area contributed by atoms with E-state index in [4.69, 9.17) is 9.47 Å². The lowest BCUT2D eigenvalue weighted by atomic mass is 9.95. The highest BCUT2D eigenvalue weighted by molar-refractivity contribution is 5.70. The minimum Gasteiger partial charge on any atom is -0.462 e. The van der Waals surface area contributed by atoms with Crippen LogP contribution in [0.25, 0.3) is 0 Å². The first-order valence-corrected chi connectivity index (χ1v) is 6.61. The van der Waals surface area contributed by atoms with Crippen LogP contribution in [0, 0.1) is 0 Å². The summed E-state index contributed by atoms with van der Waals surface area (Å²) in [5, 5.41) is 3.21. The van der Waals surface area contributed by atoms with Gasteiger partial charge < -0.3 is 14.8 Å². The van der Waals surface area contributed by atoms with E-state index in [-0.39, 0.29) is 24.2 Å². The van der Waals surface area contributed by atoms with Crippen molar-refractivity contribution in [1.82, 2.24) is 5.32 Å². The molecule has 3 atom stereocenters. The molecular weight excluding hydrogens is 218 g/mol. The Morgan fingerprint density at radius 3 is 2.76 bits per heavy atom. The van der Waals surface area contributed by atoms with Gasteiger partial charge in [0.05, 0.1) is 12.5 Å². The Morgan fingerprint density at radius 2 is 2.12 bits per heavy atom. The van der Waals surface area contributed by atoms with Crippen LogP contribution in [0.2, 0.25) is 0 Å². The molecule has 3 unspecified atom stereocenters. The van der Waals surface area contributed by atoms with Crippen molar-refractivity contribution in [2.75, 3.05) is 13.7 Å². The van der Waals surface area contributed by atoms with Gasteiger partial charge in [0.1, 0.15) is 6.10 Å². The van der Waals surface area contributed by atoms with Gasteiger partial charge in [0.15, 0.2) is 0 Å². The monoisotopic (exact) mass is 243 g/mol. The van der Waals surface area contributed by atoms with E-state index in [2.05, 4.69) is 5.32 Å². The Hall–Kier alpha value is -0.610. The van der Waals surface area contributed by atoms with Crippen molar-refractivity contribution in [2.24, 2.45) is 0 Å². The summed E-state index contributed by atoms with van der Waals surface area (Å²) in [7, 11) is 1.72. The van der Waals surface area contributed by atoms with E-state index < -0.39 is 0 Å². The zero-order valence-corrected chi connectivity index (χ0v) is 11.2. The van der Waals surface area contributed by atoms with Crippen molar-refractivity contribution in [3.63, 3.8) is 0 Å². The van der Waals surface area contributed by atoms with Gasteiger partial charge in [-0.25, -0.2) is 0 Å². The molecule has 1 rings (SSSR count). The fraction of sp³-hybridized carbons (Fsp3) is 0.923. The van der Waals surface area contributed by atoms with Crippen LogP contribution in [0.5, 0.6) is 0 Å². The molecule has 1 aliphatic carbocycles. The minimum atomic E-state index is -0.0970. The molecule has 1 fully saturated rings. The van der Waals surface area contributed by atoms with E-state index in [9.17, 15) is 4.79 Å². The van der Waals surface area contributed by atoms with Crippen LogP contribution in [-0.2, 0) is 14.3 Å². The van der Waals surface area contributed by atoms with E-state index in [0.29, 0.717) is 6.42 Å². The molecule has 0 saturated heterocycles. The number of hydrogen-bond acceptors (Lipinski definition) is 4. The number of carbonyl (C=O) groups is 1. The lowest BCUT2D eigenvalue weighted by Crippen LogP contribution is -2.33. The van der Waals surface area contributed by atoms with Crippen molar-refractivity contribution in [3.05, 3.63) is 0 Å². The fourth-order valence-corrected chi connectivity index (χ4v) is 2.33. The molecular formula is C13H25NO3. The highest BCUT2D eigenvalue weighted by Crippen LogP contribution is 2.23. The smallest absolute Gasteiger partial charge is 0.307 e. The Balaban J connectivity index is 2.25. The maximum absolute atomic E-state index is 11.7. The van der Waals surface area contributed by atoms with Crippen molar-refractivity contribution in [1.29, 1.82) is 0 Å². The summed E-state index contributed by atoms with van der Waals surface area (Å²) in [4.78, 5) is 11.7. The van der Waals surface area contributed by atoms with Crippen LogP contribution >= 0.6 is 0 Å². The van der Waals surface area contributed by atoms with Crippen LogP contribution < -0.4 is 5.32 Å². The SMILES string of the molecule is CCNC(C)CC(=O)OC1CCCC(OC)C1. The van der Waals surface area contributed by atoms with Gasteiger partial charge in [-0.2, -0.15) is 0 Å². The maximum atomic E-state index is 11.7. The zero-order chi connectivity index (χ0) is 12.7. The third-order valence-corrected chi connectivity index (χ3v) is 3.23. The normalized spacial score (nSPS) is 26.5. The third-order valence-electron chi connectivity index (χ3n) is 3.23. The lowest BCUT2D eigenvalue weighted by Gasteiger charge is -2.28. The van der Waals surface area contributed by atoms with Gasteiger partial charge in [0.2, 0.25) is 0 Å². The van der Waals surface area contributed by atoms with Gasteiger partial charge in [-0.1, -0.05) is 6.92 Å². The van der Waals surface area contributed by atoms with Gasteiger partial charge in [-0.05, 0) is 32.7 Å². The quantitative estimate of drug-likeness (QED) is 0.724. The molecule has 1 aliphatic rings. The second-order valence-corrected chi connectivity index (χ2v) is 4.80. The Labute approximate surface area is 104 Å². The molecule has 0 aromatic rings. The molecule has 0 amide bonds. The summed E-state index contributed by atoms with van der Waals surface area (Å²) >= 11 is 0. The molecule has 0 radical (unpaired) electrons. The van der Waals surface area contributed by atoms with Crippen molar-refractivity contribution >= 4 is 5.97 Å². The number of carbonyl (C=O) groups excluding carboxylic acids is 1. The van der Waals surface area contributed by atoms with Gasteiger partial charge in [0.25, 0.3) is 0 Å². The maximum Gasteiger partial charge on any atom is 0.307 e. The minimum absolute atomic E-state index is 0.0510. The highest BCUT2D eigenvalue weighted by Gasteiger charge is 2.24. The molecule has 0 bridgehead atoms. The first kappa shape index (κ1) is 14.5. The zero-order valence-electron chi connectivity index (χ0n) is 11.2. The second-order valence-electron chi connectivity index (χ2n) is 4.80. The summed E-state index contributed by atoms with van der Waals surface area (Å²) in [6, 6.07) is 0.189. The van der Waals surface area contributed by atoms with Gasteiger partial charge in [0, 0.05) is 19.6 Å². The van der Waals surface area contributed by atoms with Crippen molar-refractivity contribution in [2.45, 2.75) is 64.2 Å². The second kappa shape index (κ2) is 7.67. The standard InChI is InChI=1S/C13H25NO3/c1-4-14-10(2)8-13(15)17-12-7-5-6-11(9-12)16-3/h10-12,14H,4-9H2,1-3H3. The van der Waals surface area contributed by atoms with Crippen LogP contribution in [0.3, 0.4) is 0 Å². The van der Waals surface area contributed by atoms with Crippen molar-refractivity contribution < 1.29 is 14.3 Å². The Bertz CT molecular complexity index is 233. The number of nitrogens with one attached hydrogen (secondary N) is 1. The topological polar surface area (TPSA) is 47.6 Å². The Morgan fingerprint density at radius 1 is 1.41 bits per heavy atom. The molecule has 0 spiro atoms. The van der Waals surface area contributed by atoms with Gasteiger partial charge in [-0.3, -0.25) is 4.79 Å². The van der Waals surface area contributed by atoms with Gasteiger partial charge >= 0.3 is 5.97 Å². The molecule has 1 N–H and O–H groups in total. The van der Waals surface area contributed by atoms with Crippen LogP contribution in [0.1, 0.15) is 46.0 Å². The molecule has 4 heteroatoms. The highest BCUT2D eigenvalue weighted by atomic mass is 16.5. The summed E-state index contributed by atoms with van der Waals surface area (Å²) in [6.45, 7) is 4.92. The number of methoxy groups -OCH3 is 1. The Kier molecular flexibility index (Phi) is 6.52. The first-order chi connectivity index (χ1) is 8.15. The largest absolute Gasteiger partial charge is 0.462 e. The molecule has 100 valence electrons. The van der Waals surface area contributed by atoms with E-state index in [0.717, 1.165) is 32.2 Å². The molecule has 4 nitrogen and oxygen atoms in total. The molecule has 0 aliphatic heterocycles. The number of ether oxygens (including phenoxy) is 2. The number of esters is 1. The van der Waals surface area contributed by atoms with E-state index in [1.165, 1.54) is 0 Å². The average Bonchev–Trinajstić information content (AvgIpc) is 2.29. The molecule has 0 aromatic heterocycles. The number of rotatable bonds is 6. The van der Waals surface area contributed by atoms with Crippen LogP contribution in [0.15, 0.2) is 0 Å². The summed E-state index contributed by atoms with van der Waals surface area (Å²) < 4.78 is 10.8. The predicted molar refractivity (Wildman–Crippen MR) is 66.9 cm³/mol. The first-order valence-electron chi connectivity index (χ1n) is 6.61. The lowest BCUT2D eigenvalue weighted by molar-refractivity contribution is -0.153.